The lowest BCUT2D eigenvalue weighted by molar-refractivity contribution is 0.337. The molecule has 1 saturated carbocycles. The quantitative estimate of drug-likeness (QED) is 0.446. The molecule has 10 heteroatoms. The van der Waals surface area contributed by atoms with Crippen molar-refractivity contribution in [2.75, 3.05) is 30.9 Å². The zero-order valence-corrected chi connectivity index (χ0v) is 11.8. The van der Waals surface area contributed by atoms with Crippen molar-refractivity contribution in [2.45, 2.75) is 18.9 Å². The monoisotopic (exact) mass is 290 g/mol. The van der Waals surface area contributed by atoms with Crippen LogP contribution in [0.1, 0.15) is 12.8 Å². The van der Waals surface area contributed by atoms with E-state index in [4.69, 9.17) is 5.84 Å². The van der Waals surface area contributed by atoms with E-state index in [1.54, 1.807) is 0 Å². The number of rotatable bonds is 7. The van der Waals surface area contributed by atoms with Gasteiger partial charge < -0.3 is 10.2 Å². The summed E-state index contributed by atoms with van der Waals surface area (Å²) in [5.74, 6) is 6.46. The predicted molar refractivity (Wildman–Crippen MR) is 76.7 cm³/mol. The Balaban J connectivity index is 1.67. The molecule has 0 unspecified atom stereocenters. The van der Waals surface area contributed by atoms with Crippen molar-refractivity contribution in [3.8, 4) is 5.95 Å². The van der Waals surface area contributed by atoms with Crippen LogP contribution in [0.2, 0.25) is 0 Å². The highest BCUT2D eigenvalue weighted by atomic mass is 15.4. The van der Waals surface area contributed by atoms with Gasteiger partial charge in [0.1, 0.15) is 12.7 Å². The third-order valence-electron chi connectivity index (χ3n) is 3.29. The highest BCUT2D eigenvalue weighted by Gasteiger charge is 2.25. The molecule has 0 saturated heterocycles. The summed E-state index contributed by atoms with van der Waals surface area (Å²) in [6.07, 6.45) is 5.51. The molecular weight excluding hydrogens is 272 g/mol. The SMILES string of the molecule is CN(CCNc1nc(NN)nc(-n2cncn2)n1)C1CC1. The van der Waals surface area contributed by atoms with Crippen LogP contribution in [0.3, 0.4) is 0 Å². The zero-order valence-electron chi connectivity index (χ0n) is 11.8. The minimum absolute atomic E-state index is 0.272. The van der Waals surface area contributed by atoms with Crippen LogP contribution >= 0.6 is 0 Å². The maximum absolute atomic E-state index is 5.38. The van der Waals surface area contributed by atoms with Crippen LogP contribution in [-0.4, -0.2) is 60.8 Å². The van der Waals surface area contributed by atoms with Gasteiger partial charge in [-0.3, -0.25) is 5.43 Å². The standard InChI is InChI=1S/C11H18N10/c1-20(8-2-3-8)5-4-14-9-16-10(19-12)18-11(17-9)21-7-13-6-15-21/h6-8H,2-5,12H2,1H3,(H2,14,16,17,18,19). The Hall–Kier alpha value is -2.33. The average Bonchev–Trinajstić information content (AvgIpc) is 3.21. The van der Waals surface area contributed by atoms with Crippen molar-refractivity contribution in [1.29, 1.82) is 0 Å². The van der Waals surface area contributed by atoms with Crippen molar-refractivity contribution in [2.24, 2.45) is 5.84 Å². The molecule has 2 aromatic heterocycles. The molecule has 1 aliphatic carbocycles. The smallest absolute Gasteiger partial charge is 0.258 e. The van der Waals surface area contributed by atoms with Gasteiger partial charge >= 0.3 is 0 Å². The first-order chi connectivity index (χ1) is 10.3. The van der Waals surface area contributed by atoms with Crippen molar-refractivity contribution < 1.29 is 0 Å². The Morgan fingerprint density at radius 1 is 1.33 bits per heavy atom. The van der Waals surface area contributed by atoms with E-state index < -0.39 is 0 Å². The Bertz CT molecular complexity index is 579. The number of likely N-dealkylation sites (N-methyl/N-ethyl adjacent to an activating group) is 1. The summed E-state index contributed by atoms with van der Waals surface area (Å²) in [6, 6.07) is 0.733. The van der Waals surface area contributed by atoms with Crippen molar-refractivity contribution >= 4 is 11.9 Å². The first kappa shape index (κ1) is 13.6. The summed E-state index contributed by atoms with van der Waals surface area (Å²) < 4.78 is 1.45. The minimum Gasteiger partial charge on any atom is -0.353 e. The fraction of sp³-hybridized carbons (Fsp3) is 0.545. The van der Waals surface area contributed by atoms with E-state index in [0.717, 1.165) is 19.1 Å². The molecule has 10 nitrogen and oxygen atoms in total. The van der Waals surface area contributed by atoms with Gasteiger partial charge in [-0.25, -0.2) is 10.8 Å². The van der Waals surface area contributed by atoms with E-state index in [1.807, 2.05) is 0 Å². The maximum atomic E-state index is 5.38. The Kier molecular flexibility index (Phi) is 3.88. The van der Waals surface area contributed by atoms with Crippen LogP contribution in [0.4, 0.5) is 11.9 Å². The number of hydrazine groups is 1. The molecule has 4 N–H and O–H groups in total. The summed E-state index contributed by atoms with van der Waals surface area (Å²) in [5, 5.41) is 7.17. The number of hydrogen-bond acceptors (Lipinski definition) is 9. The molecule has 2 aromatic rings. The minimum atomic E-state index is 0.272. The van der Waals surface area contributed by atoms with Crippen LogP contribution < -0.4 is 16.6 Å². The number of nitrogens with one attached hydrogen (secondary N) is 2. The first-order valence-corrected chi connectivity index (χ1v) is 6.78. The van der Waals surface area contributed by atoms with Gasteiger partial charge in [-0.1, -0.05) is 0 Å². The highest BCUT2D eigenvalue weighted by molar-refractivity contribution is 5.36. The summed E-state index contributed by atoms with van der Waals surface area (Å²) >= 11 is 0. The molecule has 112 valence electrons. The largest absolute Gasteiger partial charge is 0.353 e. The van der Waals surface area contributed by atoms with E-state index in [0.29, 0.717) is 11.9 Å². The normalized spacial score (nSPS) is 14.4. The summed E-state index contributed by atoms with van der Waals surface area (Å²) in [4.78, 5) is 18.8. The predicted octanol–water partition coefficient (Wildman–Crippen LogP) is -0.756. The molecule has 1 aliphatic rings. The van der Waals surface area contributed by atoms with E-state index in [1.165, 1.54) is 30.2 Å². The van der Waals surface area contributed by atoms with Gasteiger partial charge in [0.25, 0.3) is 5.95 Å². The van der Waals surface area contributed by atoms with Gasteiger partial charge in [0, 0.05) is 19.1 Å². The zero-order chi connectivity index (χ0) is 14.7. The van der Waals surface area contributed by atoms with Gasteiger partial charge in [0.15, 0.2) is 0 Å². The molecule has 0 aromatic carbocycles. The Morgan fingerprint density at radius 2 is 2.14 bits per heavy atom. The van der Waals surface area contributed by atoms with E-state index in [2.05, 4.69) is 47.7 Å². The van der Waals surface area contributed by atoms with E-state index in [-0.39, 0.29) is 5.95 Å². The average molecular weight is 290 g/mol. The van der Waals surface area contributed by atoms with E-state index in [9.17, 15) is 0 Å². The number of nitrogens with zero attached hydrogens (tertiary/aromatic N) is 7. The molecule has 1 fully saturated rings. The number of anilines is 2. The molecule has 0 radical (unpaired) electrons. The van der Waals surface area contributed by atoms with Crippen molar-refractivity contribution in [1.82, 2.24) is 34.6 Å². The summed E-state index contributed by atoms with van der Waals surface area (Å²) in [6.45, 7) is 1.68. The third-order valence-corrected chi connectivity index (χ3v) is 3.29. The van der Waals surface area contributed by atoms with Gasteiger partial charge in [-0.05, 0) is 19.9 Å². The van der Waals surface area contributed by atoms with Crippen LogP contribution in [0.15, 0.2) is 12.7 Å². The number of hydrogen-bond donors (Lipinski definition) is 3. The maximum Gasteiger partial charge on any atom is 0.258 e. The molecule has 0 spiro atoms. The molecule has 0 amide bonds. The third kappa shape index (κ3) is 3.41. The number of nitrogen functional groups attached to an aromatic ring is 1. The summed E-state index contributed by atoms with van der Waals surface area (Å²) in [5.41, 5.74) is 2.42. The lowest BCUT2D eigenvalue weighted by Crippen LogP contribution is -2.27. The van der Waals surface area contributed by atoms with Gasteiger partial charge in [-0.15, -0.1) is 0 Å². The van der Waals surface area contributed by atoms with E-state index >= 15 is 0 Å². The van der Waals surface area contributed by atoms with Crippen LogP contribution in [0.25, 0.3) is 5.95 Å². The van der Waals surface area contributed by atoms with Gasteiger partial charge in [0.05, 0.1) is 0 Å². The highest BCUT2D eigenvalue weighted by Crippen LogP contribution is 2.24. The van der Waals surface area contributed by atoms with Crippen molar-refractivity contribution in [3.63, 3.8) is 0 Å². The lowest BCUT2D eigenvalue weighted by Gasteiger charge is -2.15. The lowest BCUT2D eigenvalue weighted by atomic mass is 10.5. The van der Waals surface area contributed by atoms with Crippen LogP contribution in [-0.2, 0) is 0 Å². The van der Waals surface area contributed by atoms with Gasteiger partial charge in [0.2, 0.25) is 11.9 Å². The Labute approximate surface area is 121 Å². The molecule has 0 bridgehead atoms. The topological polar surface area (TPSA) is 123 Å². The molecule has 0 aliphatic heterocycles. The fourth-order valence-corrected chi connectivity index (χ4v) is 1.96. The summed E-state index contributed by atoms with van der Waals surface area (Å²) in [7, 11) is 2.13. The second kappa shape index (κ2) is 5.97. The second-order valence-corrected chi connectivity index (χ2v) is 4.91. The molecule has 3 rings (SSSR count). The number of nitrogens with two attached hydrogens (primary N) is 1. The molecule has 2 heterocycles. The molecule has 0 atom stereocenters. The van der Waals surface area contributed by atoms with Crippen molar-refractivity contribution in [3.05, 3.63) is 12.7 Å². The second-order valence-electron chi connectivity index (χ2n) is 4.91. The fourth-order valence-electron chi connectivity index (χ4n) is 1.96. The number of aromatic nitrogens is 6. The van der Waals surface area contributed by atoms with Crippen LogP contribution in [0.5, 0.6) is 0 Å². The molecular formula is C11H18N10. The Morgan fingerprint density at radius 3 is 2.81 bits per heavy atom. The van der Waals surface area contributed by atoms with Gasteiger partial charge in [-0.2, -0.15) is 24.7 Å². The first-order valence-electron chi connectivity index (χ1n) is 6.78. The molecule has 21 heavy (non-hydrogen) atoms. The van der Waals surface area contributed by atoms with Crippen LogP contribution in [0, 0.1) is 0 Å².